The largest absolute Gasteiger partial charge is 0.434 e. The topological polar surface area (TPSA) is 108 Å². The molecule has 2 aromatic carbocycles. The Bertz CT molecular complexity index is 1360. The zero-order chi connectivity index (χ0) is 24.5. The zero-order valence-electron chi connectivity index (χ0n) is 16.8. The highest BCUT2D eigenvalue weighted by Gasteiger charge is 2.40. The number of nitrogens with one attached hydrogen (secondary N) is 1. The van der Waals surface area contributed by atoms with Crippen molar-refractivity contribution < 1.29 is 27.1 Å². The molecule has 0 aliphatic heterocycles. The summed E-state index contributed by atoms with van der Waals surface area (Å²) in [5.74, 6) is -2.72. The molecule has 3 N–H and O–H groups in total. The molecule has 1 amide bonds. The molecule has 4 aromatic rings. The van der Waals surface area contributed by atoms with Gasteiger partial charge in [0.05, 0.1) is 0 Å². The van der Waals surface area contributed by atoms with E-state index in [1.165, 1.54) is 18.2 Å². The molecule has 0 fully saturated rings. The number of nitrogens with zero attached hydrogens (tertiary/aromatic N) is 4. The summed E-state index contributed by atoms with van der Waals surface area (Å²) in [6, 6.07) is 10.8. The van der Waals surface area contributed by atoms with Crippen molar-refractivity contribution in [2.24, 2.45) is 0 Å². The summed E-state index contributed by atoms with van der Waals surface area (Å²) in [6.07, 6.45) is -2.93. The normalized spacial score (nSPS) is 11.3. The predicted octanol–water partition coefficient (Wildman–Crippen LogP) is 5.10. The highest BCUT2D eigenvalue weighted by atomic mass is 35.5. The zero-order valence-corrected chi connectivity index (χ0v) is 17.6. The molecule has 0 radical (unpaired) electrons. The second kappa shape index (κ2) is 8.98. The first-order chi connectivity index (χ1) is 16.1. The summed E-state index contributed by atoms with van der Waals surface area (Å²) in [5, 5.41) is 2.07. The first-order valence-corrected chi connectivity index (χ1v) is 9.77. The van der Waals surface area contributed by atoms with Gasteiger partial charge in [0.1, 0.15) is 23.5 Å². The van der Waals surface area contributed by atoms with Gasteiger partial charge in [0.2, 0.25) is 5.88 Å². The van der Waals surface area contributed by atoms with Gasteiger partial charge in [-0.1, -0.05) is 29.8 Å². The van der Waals surface area contributed by atoms with E-state index in [0.29, 0.717) is 0 Å². The van der Waals surface area contributed by atoms with Crippen molar-refractivity contribution in [3.8, 4) is 17.3 Å². The van der Waals surface area contributed by atoms with Gasteiger partial charge < -0.3 is 15.8 Å². The van der Waals surface area contributed by atoms with E-state index in [0.717, 1.165) is 29.4 Å². The van der Waals surface area contributed by atoms with Crippen molar-refractivity contribution in [1.82, 2.24) is 19.5 Å². The molecule has 13 heteroatoms. The molecule has 0 bridgehead atoms. The van der Waals surface area contributed by atoms with E-state index in [-0.39, 0.29) is 33.8 Å². The number of hydrogen-bond acceptors (Lipinski definition) is 6. The van der Waals surface area contributed by atoms with Crippen LogP contribution in [0.3, 0.4) is 0 Å². The number of carbonyl (C=O) groups excluding carboxylic acids is 1. The van der Waals surface area contributed by atoms with Gasteiger partial charge in [-0.05, 0) is 24.3 Å². The number of imidazole rings is 1. The van der Waals surface area contributed by atoms with Crippen LogP contribution in [0.25, 0.3) is 5.69 Å². The van der Waals surface area contributed by atoms with Crippen LogP contribution < -0.4 is 15.8 Å². The van der Waals surface area contributed by atoms with Gasteiger partial charge in [0.15, 0.2) is 23.0 Å². The number of benzene rings is 2. The Morgan fingerprint density at radius 2 is 1.82 bits per heavy atom. The molecular formula is C21H13ClF4N6O2. The molecule has 0 saturated heterocycles. The summed E-state index contributed by atoms with van der Waals surface area (Å²) >= 11 is 5.91. The summed E-state index contributed by atoms with van der Waals surface area (Å²) in [4.78, 5) is 23.6. The minimum atomic E-state index is -4.89. The van der Waals surface area contributed by atoms with Gasteiger partial charge in [0.25, 0.3) is 5.91 Å². The number of ether oxygens (including phenoxy) is 1. The molecule has 2 heterocycles. The van der Waals surface area contributed by atoms with Crippen LogP contribution in [-0.2, 0) is 6.18 Å². The van der Waals surface area contributed by atoms with Gasteiger partial charge in [0, 0.05) is 17.4 Å². The first kappa shape index (κ1) is 23.0. The number of nitrogen functional groups attached to an aromatic ring is 1. The Hall–Kier alpha value is -4.19. The van der Waals surface area contributed by atoms with E-state index in [1.54, 1.807) is 18.2 Å². The number of nitrogens with two attached hydrogens (primary N) is 1. The third-order valence-corrected chi connectivity index (χ3v) is 4.82. The van der Waals surface area contributed by atoms with E-state index in [4.69, 9.17) is 22.1 Å². The average molecular weight is 493 g/mol. The quantitative estimate of drug-likeness (QED) is 0.375. The Balaban J connectivity index is 1.59. The lowest BCUT2D eigenvalue weighted by atomic mass is 10.2. The standard InChI is InChI=1S/C21H13ClF4N6O2/c22-15-18(27)28-9-29-20(15)34-14-7-6-11(8-13(14)23)31-19(33)16-17(21(24,25)26)32(10-30-16)12-4-2-1-3-5-12/h1-10H,(H,31,33)(H2,27,28,29). The van der Waals surface area contributed by atoms with E-state index in [2.05, 4.69) is 20.3 Å². The van der Waals surface area contributed by atoms with Crippen molar-refractivity contribution in [3.63, 3.8) is 0 Å². The second-order valence-corrected chi connectivity index (χ2v) is 7.10. The lowest BCUT2D eigenvalue weighted by Gasteiger charge is -2.13. The molecule has 34 heavy (non-hydrogen) atoms. The van der Waals surface area contributed by atoms with Gasteiger partial charge in [-0.15, -0.1) is 0 Å². The monoisotopic (exact) mass is 492 g/mol. The molecule has 0 saturated carbocycles. The maximum Gasteiger partial charge on any atom is 0.434 e. The molecular weight excluding hydrogens is 480 g/mol. The Labute approximate surface area is 194 Å². The molecule has 0 unspecified atom stereocenters. The number of carbonyl (C=O) groups is 1. The van der Waals surface area contributed by atoms with Crippen molar-refractivity contribution >= 4 is 29.0 Å². The molecule has 0 atom stereocenters. The lowest BCUT2D eigenvalue weighted by molar-refractivity contribution is -0.142. The average Bonchev–Trinajstić information content (AvgIpc) is 3.25. The van der Waals surface area contributed by atoms with Crippen molar-refractivity contribution in [1.29, 1.82) is 0 Å². The number of aromatic nitrogens is 4. The van der Waals surface area contributed by atoms with Crippen LogP contribution >= 0.6 is 11.6 Å². The third kappa shape index (κ3) is 4.62. The Kier molecular flexibility index (Phi) is 6.07. The molecule has 4 rings (SSSR count). The molecule has 174 valence electrons. The second-order valence-electron chi connectivity index (χ2n) is 6.72. The van der Waals surface area contributed by atoms with Crippen LogP contribution in [0.5, 0.6) is 11.6 Å². The van der Waals surface area contributed by atoms with Crippen LogP contribution in [-0.4, -0.2) is 25.4 Å². The van der Waals surface area contributed by atoms with Crippen LogP contribution in [0.15, 0.2) is 61.2 Å². The predicted molar refractivity (Wildman–Crippen MR) is 114 cm³/mol. The number of anilines is 2. The smallest absolute Gasteiger partial charge is 0.434 e. The van der Waals surface area contributed by atoms with Crippen molar-refractivity contribution in [2.75, 3.05) is 11.1 Å². The minimum Gasteiger partial charge on any atom is -0.434 e. The Morgan fingerprint density at radius 3 is 2.50 bits per heavy atom. The highest BCUT2D eigenvalue weighted by molar-refractivity contribution is 6.34. The fraction of sp³-hybridized carbons (Fsp3) is 0.0476. The highest BCUT2D eigenvalue weighted by Crippen LogP contribution is 2.35. The number of para-hydroxylation sites is 1. The fourth-order valence-corrected chi connectivity index (χ4v) is 3.10. The fourth-order valence-electron chi connectivity index (χ4n) is 2.96. The SMILES string of the molecule is Nc1ncnc(Oc2ccc(NC(=O)c3ncn(-c4ccccc4)c3C(F)(F)F)cc2F)c1Cl. The maximum absolute atomic E-state index is 14.5. The minimum absolute atomic E-state index is 0.0774. The van der Waals surface area contributed by atoms with E-state index in [1.807, 2.05) is 0 Å². The number of halogens is 5. The molecule has 0 aliphatic rings. The molecule has 8 nitrogen and oxygen atoms in total. The summed E-state index contributed by atoms with van der Waals surface area (Å²) in [5.41, 5.74) is 3.42. The number of alkyl halides is 3. The number of rotatable bonds is 5. The lowest BCUT2D eigenvalue weighted by Crippen LogP contribution is -2.21. The summed E-state index contributed by atoms with van der Waals surface area (Å²) in [7, 11) is 0. The van der Waals surface area contributed by atoms with E-state index in [9.17, 15) is 22.4 Å². The first-order valence-electron chi connectivity index (χ1n) is 9.40. The van der Waals surface area contributed by atoms with Gasteiger partial charge >= 0.3 is 6.18 Å². The van der Waals surface area contributed by atoms with Crippen LogP contribution in [0, 0.1) is 5.82 Å². The van der Waals surface area contributed by atoms with Gasteiger partial charge in [-0.25, -0.2) is 14.4 Å². The van der Waals surface area contributed by atoms with Crippen molar-refractivity contribution in [2.45, 2.75) is 6.18 Å². The van der Waals surface area contributed by atoms with Crippen LogP contribution in [0.2, 0.25) is 5.02 Å². The maximum atomic E-state index is 14.5. The van der Waals surface area contributed by atoms with E-state index < -0.39 is 29.3 Å². The van der Waals surface area contributed by atoms with Crippen LogP contribution in [0.1, 0.15) is 16.2 Å². The van der Waals surface area contributed by atoms with Crippen molar-refractivity contribution in [3.05, 3.63) is 83.4 Å². The van der Waals surface area contributed by atoms with Crippen LogP contribution in [0.4, 0.5) is 29.1 Å². The summed E-state index contributed by atoms with van der Waals surface area (Å²) < 4.78 is 61.8. The van der Waals surface area contributed by atoms with Gasteiger partial charge in [-0.2, -0.15) is 18.2 Å². The molecule has 2 aromatic heterocycles. The third-order valence-electron chi connectivity index (χ3n) is 4.47. The van der Waals surface area contributed by atoms with Gasteiger partial charge in [-0.3, -0.25) is 9.36 Å². The molecule has 0 aliphatic carbocycles. The number of amides is 1. The molecule has 0 spiro atoms. The summed E-state index contributed by atoms with van der Waals surface area (Å²) in [6.45, 7) is 0. The number of hydrogen-bond donors (Lipinski definition) is 2. The Morgan fingerprint density at radius 1 is 1.09 bits per heavy atom. The van der Waals surface area contributed by atoms with E-state index >= 15 is 0 Å².